The van der Waals surface area contributed by atoms with Crippen molar-refractivity contribution in [1.29, 1.82) is 0 Å². The molecule has 2 heterocycles. The number of halogens is 4. The van der Waals surface area contributed by atoms with Gasteiger partial charge in [0.15, 0.2) is 0 Å². The number of fused-ring (bicyclic) bond motifs is 1. The number of aromatic nitrogens is 3. The van der Waals surface area contributed by atoms with E-state index in [0.29, 0.717) is 22.8 Å². The van der Waals surface area contributed by atoms with Gasteiger partial charge in [-0.05, 0) is 39.0 Å². The lowest BCUT2D eigenvalue weighted by atomic mass is 10.1. The van der Waals surface area contributed by atoms with Crippen molar-refractivity contribution in [3.05, 3.63) is 51.5 Å². The standard InChI is InChI=1S/C20H19ClF3N3O3/c1-4-30-17(28)10-26-16-7-12(5-6-15(16)27(11(2)3)19(26)29)18-14(21)8-13(9-25-18)20(22,23)24/h5-9,11H,4,10H2,1-3H3. The Kier molecular flexibility index (Phi) is 5.94. The fourth-order valence-corrected chi connectivity index (χ4v) is 3.50. The molecule has 0 unspecified atom stereocenters. The van der Waals surface area contributed by atoms with E-state index in [1.54, 1.807) is 25.1 Å². The second-order valence-corrected chi connectivity index (χ2v) is 7.30. The number of benzene rings is 1. The lowest BCUT2D eigenvalue weighted by molar-refractivity contribution is -0.143. The quantitative estimate of drug-likeness (QED) is 0.539. The number of pyridine rings is 1. The highest BCUT2D eigenvalue weighted by Gasteiger charge is 2.31. The highest BCUT2D eigenvalue weighted by atomic mass is 35.5. The third kappa shape index (κ3) is 4.07. The van der Waals surface area contributed by atoms with Gasteiger partial charge in [0.05, 0.1) is 33.9 Å². The summed E-state index contributed by atoms with van der Waals surface area (Å²) in [5.41, 5.74) is 0.209. The number of rotatable bonds is 5. The lowest BCUT2D eigenvalue weighted by Crippen LogP contribution is -2.28. The summed E-state index contributed by atoms with van der Waals surface area (Å²) in [7, 11) is 0. The van der Waals surface area contributed by atoms with Crippen LogP contribution in [-0.2, 0) is 22.3 Å². The van der Waals surface area contributed by atoms with Crippen LogP contribution in [0, 0.1) is 0 Å². The molecule has 1 aromatic carbocycles. The minimum Gasteiger partial charge on any atom is -0.465 e. The van der Waals surface area contributed by atoms with Gasteiger partial charge in [-0.25, -0.2) is 4.79 Å². The second kappa shape index (κ2) is 8.14. The van der Waals surface area contributed by atoms with Crippen LogP contribution in [0.2, 0.25) is 5.02 Å². The van der Waals surface area contributed by atoms with Gasteiger partial charge in [-0.3, -0.25) is 18.9 Å². The number of hydrogen-bond acceptors (Lipinski definition) is 4. The number of nitrogens with zero attached hydrogens (tertiary/aromatic N) is 3. The first kappa shape index (κ1) is 21.9. The van der Waals surface area contributed by atoms with Crippen molar-refractivity contribution >= 4 is 28.6 Å². The molecule has 6 nitrogen and oxygen atoms in total. The van der Waals surface area contributed by atoms with Crippen LogP contribution in [0.4, 0.5) is 13.2 Å². The highest BCUT2D eigenvalue weighted by molar-refractivity contribution is 6.33. The van der Waals surface area contributed by atoms with Gasteiger partial charge in [0, 0.05) is 17.8 Å². The van der Waals surface area contributed by atoms with E-state index in [9.17, 15) is 22.8 Å². The number of carbonyl (C=O) groups is 1. The molecule has 10 heteroatoms. The molecule has 0 bridgehead atoms. The van der Waals surface area contributed by atoms with E-state index in [1.807, 2.05) is 13.8 Å². The summed E-state index contributed by atoms with van der Waals surface area (Å²) >= 11 is 6.06. The molecule has 0 saturated heterocycles. The first-order valence-corrected chi connectivity index (χ1v) is 9.56. The molecule has 0 atom stereocenters. The van der Waals surface area contributed by atoms with E-state index in [-0.39, 0.29) is 29.9 Å². The van der Waals surface area contributed by atoms with Crippen LogP contribution in [0.1, 0.15) is 32.4 Å². The number of imidazole rings is 1. The van der Waals surface area contributed by atoms with Crippen molar-refractivity contribution in [2.45, 2.75) is 39.5 Å². The van der Waals surface area contributed by atoms with Gasteiger partial charge in [0.2, 0.25) is 0 Å². The molecule has 0 N–H and O–H groups in total. The first-order valence-electron chi connectivity index (χ1n) is 9.18. The molecular formula is C20H19ClF3N3O3. The minimum atomic E-state index is -4.56. The molecule has 30 heavy (non-hydrogen) atoms. The topological polar surface area (TPSA) is 66.1 Å². The molecule has 0 spiro atoms. The van der Waals surface area contributed by atoms with Crippen LogP contribution < -0.4 is 5.69 Å². The lowest BCUT2D eigenvalue weighted by Gasteiger charge is -2.10. The van der Waals surface area contributed by atoms with Crippen molar-refractivity contribution in [2.24, 2.45) is 0 Å². The van der Waals surface area contributed by atoms with Crippen LogP contribution in [-0.4, -0.2) is 26.7 Å². The monoisotopic (exact) mass is 441 g/mol. The summed E-state index contributed by atoms with van der Waals surface area (Å²) in [5, 5.41) is -0.174. The number of esters is 1. The third-order valence-electron chi connectivity index (χ3n) is 4.51. The Bertz CT molecular complexity index is 1170. The van der Waals surface area contributed by atoms with Crippen molar-refractivity contribution in [3.63, 3.8) is 0 Å². The Morgan fingerprint density at radius 2 is 1.93 bits per heavy atom. The maximum atomic E-state index is 12.9. The van der Waals surface area contributed by atoms with Crippen LogP contribution >= 0.6 is 11.6 Å². The van der Waals surface area contributed by atoms with E-state index in [0.717, 1.165) is 6.07 Å². The summed E-state index contributed by atoms with van der Waals surface area (Å²) in [6.45, 7) is 5.21. The summed E-state index contributed by atoms with van der Waals surface area (Å²) < 4.78 is 46.4. The normalized spacial score (nSPS) is 12.0. The Morgan fingerprint density at radius 3 is 2.50 bits per heavy atom. The van der Waals surface area contributed by atoms with Crippen molar-refractivity contribution < 1.29 is 22.7 Å². The number of ether oxygens (including phenoxy) is 1. The third-order valence-corrected chi connectivity index (χ3v) is 4.80. The van der Waals surface area contributed by atoms with Gasteiger partial charge in [0.1, 0.15) is 6.54 Å². The van der Waals surface area contributed by atoms with Crippen molar-refractivity contribution in [2.75, 3.05) is 6.61 Å². The molecule has 3 aromatic rings. The SMILES string of the molecule is CCOC(=O)Cn1c(=O)n(C(C)C)c2ccc(-c3ncc(C(F)(F)F)cc3Cl)cc21. The first-order chi connectivity index (χ1) is 14.0. The van der Waals surface area contributed by atoms with E-state index >= 15 is 0 Å². The average molecular weight is 442 g/mol. The van der Waals surface area contributed by atoms with Crippen LogP contribution in [0.5, 0.6) is 0 Å². The Morgan fingerprint density at radius 1 is 1.23 bits per heavy atom. The molecule has 0 aliphatic rings. The zero-order valence-corrected chi connectivity index (χ0v) is 17.2. The Hall–Kier alpha value is -2.81. The van der Waals surface area contributed by atoms with Crippen molar-refractivity contribution in [3.8, 4) is 11.3 Å². The minimum absolute atomic E-state index is 0.138. The van der Waals surface area contributed by atoms with E-state index < -0.39 is 23.4 Å². The van der Waals surface area contributed by atoms with Gasteiger partial charge in [-0.15, -0.1) is 0 Å². The van der Waals surface area contributed by atoms with E-state index in [4.69, 9.17) is 16.3 Å². The van der Waals surface area contributed by atoms with Crippen molar-refractivity contribution in [1.82, 2.24) is 14.1 Å². The predicted octanol–water partition coefficient (Wildman–Crippen LogP) is 4.68. The zero-order chi connectivity index (χ0) is 22.2. The van der Waals surface area contributed by atoms with Gasteiger partial charge >= 0.3 is 17.8 Å². The molecule has 0 aliphatic carbocycles. The molecule has 0 aliphatic heterocycles. The van der Waals surface area contributed by atoms with Crippen LogP contribution in [0.15, 0.2) is 35.3 Å². The molecule has 0 radical (unpaired) electrons. The van der Waals surface area contributed by atoms with Gasteiger partial charge < -0.3 is 4.74 Å². The van der Waals surface area contributed by atoms with Crippen LogP contribution in [0.3, 0.4) is 0 Å². The molecule has 0 amide bonds. The molecule has 0 fully saturated rings. The second-order valence-electron chi connectivity index (χ2n) is 6.89. The fourth-order valence-electron chi connectivity index (χ4n) is 3.22. The summed E-state index contributed by atoms with van der Waals surface area (Å²) in [5.74, 6) is -0.571. The summed E-state index contributed by atoms with van der Waals surface area (Å²) in [6, 6.07) is 5.48. The number of alkyl halides is 3. The van der Waals surface area contributed by atoms with E-state index in [2.05, 4.69) is 4.98 Å². The average Bonchev–Trinajstić information content (AvgIpc) is 2.92. The van der Waals surface area contributed by atoms with Gasteiger partial charge in [0.25, 0.3) is 0 Å². The zero-order valence-electron chi connectivity index (χ0n) is 16.5. The highest BCUT2D eigenvalue weighted by Crippen LogP contribution is 2.35. The molecule has 3 rings (SSSR count). The number of hydrogen-bond donors (Lipinski definition) is 0. The fraction of sp³-hybridized carbons (Fsp3) is 0.350. The number of carbonyl (C=O) groups excluding carboxylic acids is 1. The summed E-state index contributed by atoms with van der Waals surface area (Å²) in [6.07, 6.45) is -3.86. The van der Waals surface area contributed by atoms with Gasteiger partial charge in [-0.2, -0.15) is 13.2 Å². The maximum Gasteiger partial charge on any atom is 0.417 e. The van der Waals surface area contributed by atoms with Gasteiger partial charge in [-0.1, -0.05) is 17.7 Å². The summed E-state index contributed by atoms with van der Waals surface area (Å²) in [4.78, 5) is 28.8. The Balaban J connectivity index is 2.18. The Labute approximate surface area is 174 Å². The molecular weight excluding hydrogens is 423 g/mol. The smallest absolute Gasteiger partial charge is 0.417 e. The maximum absolute atomic E-state index is 12.9. The molecule has 0 saturated carbocycles. The molecule has 160 valence electrons. The largest absolute Gasteiger partial charge is 0.465 e. The molecule has 2 aromatic heterocycles. The predicted molar refractivity (Wildman–Crippen MR) is 106 cm³/mol. The van der Waals surface area contributed by atoms with Crippen LogP contribution in [0.25, 0.3) is 22.3 Å². The van der Waals surface area contributed by atoms with E-state index in [1.165, 1.54) is 9.13 Å².